The van der Waals surface area contributed by atoms with E-state index in [2.05, 4.69) is 10.1 Å². The lowest BCUT2D eigenvalue weighted by atomic mass is 10.2. The van der Waals surface area contributed by atoms with E-state index < -0.39 is 11.7 Å². The van der Waals surface area contributed by atoms with Crippen LogP contribution in [0.1, 0.15) is 25.3 Å². The highest BCUT2D eigenvalue weighted by Crippen LogP contribution is 2.31. The maximum Gasteiger partial charge on any atom is 0.417 e. The highest BCUT2D eigenvalue weighted by atomic mass is 32.2. The van der Waals surface area contributed by atoms with Crippen LogP contribution in [0.4, 0.5) is 13.2 Å². The van der Waals surface area contributed by atoms with E-state index in [1.165, 1.54) is 17.8 Å². The maximum atomic E-state index is 12.4. The van der Waals surface area contributed by atoms with Crippen molar-refractivity contribution in [1.29, 1.82) is 0 Å². The molecule has 0 spiro atoms. The molecule has 3 N–H and O–H groups in total. The van der Waals surface area contributed by atoms with Gasteiger partial charge in [-0.25, -0.2) is 4.98 Å². The van der Waals surface area contributed by atoms with Crippen LogP contribution >= 0.6 is 11.8 Å². The van der Waals surface area contributed by atoms with Crippen LogP contribution in [0.15, 0.2) is 28.5 Å². The minimum atomic E-state index is -4.38. The Hall–Kier alpha value is -1.44. The van der Waals surface area contributed by atoms with Gasteiger partial charge >= 0.3 is 6.18 Å². The summed E-state index contributed by atoms with van der Waals surface area (Å²) >= 11 is 1.30. The average molecular weight is 293 g/mol. The monoisotopic (exact) mass is 293 g/mol. The molecule has 8 heteroatoms. The van der Waals surface area contributed by atoms with Gasteiger partial charge in [-0.05, 0) is 18.6 Å². The number of pyridine rings is 1. The van der Waals surface area contributed by atoms with Crippen LogP contribution in [0, 0.1) is 0 Å². The first-order valence-electron chi connectivity index (χ1n) is 5.53. The molecule has 0 saturated heterocycles. The Bertz CT molecular complexity index is 434. The van der Waals surface area contributed by atoms with Gasteiger partial charge in [0, 0.05) is 17.9 Å². The summed E-state index contributed by atoms with van der Waals surface area (Å²) in [6.07, 6.45) is -2.50. The summed E-state index contributed by atoms with van der Waals surface area (Å²) in [6.45, 7) is 1.91. The molecule has 1 heterocycles. The van der Waals surface area contributed by atoms with E-state index in [0.717, 1.165) is 18.7 Å². The molecular formula is C11H14F3N3OS. The van der Waals surface area contributed by atoms with Crippen molar-refractivity contribution in [3.63, 3.8) is 0 Å². The molecule has 106 valence electrons. The standard InChI is InChI=1S/C11H14F3N3OS/c1-2-8(5-9(15)17-18)19-10-4-3-7(6-16-10)11(12,13)14/h3-4,6,8,18H,2,5H2,1H3,(H2,15,17). The summed E-state index contributed by atoms with van der Waals surface area (Å²) in [7, 11) is 0. The molecule has 1 rings (SSSR count). The molecule has 0 amide bonds. The van der Waals surface area contributed by atoms with Crippen LogP contribution in [0.5, 0.6) is 0 Å². The minimum Gasteiger partial charge on any atom is -0.409 e. The number of thioether (sulfide) groups is 1. The molecule has 1 aromatic rings. The Kier molecular flexibility index (Phi) is 5.46. The first-order valence-corrected chi connectivity index (χ1v) is 6.41. The average Bonchev–Trinajstić information content (AvgIpc) is 2.37. The second kappa shape index (κ2) is 6.65. The smallest absolute Gasteiger partial charge is 0.409 e. The molecule has 19 heavy (non-hydrogen) atoms. The van der Waals surface area contributed by atoms with Gasteiger partial charge in [0.1, 0.15) is 5.84 Å². The molecule has 1 aromatic heterocycles. The van der Waals surface area contributed by atoms with Crippen LogP contribution < -0.4 is 5.73 Å². The lowest BCUT2D eigenvalue weighted by molar-refractivity contribution is -0.137. The van der Waals surface area contributed by atoms with E-state index in [4.69, 9.17) is 10.9 Å². The number of aromatic nitrogens is 1. The van der Waals surface area contributed by atoms with E-state index in [-0.39, 0.29) is 11.1 Å². The maximum absolute atomic E-state index is 12.4. The largest absolute Gasteiger partial charge is 0.417 e. The fourth-order valence-electron chi connectivity index (χ4n) is 1.33. The molecule has 0 aliphatic heterocycles. The molecule has 1 unspecified atom stereocenters. The zero-order valence-electron chi connectivity index (χ0n) is 10.2. The summed E-state index contributed by atoms with van der Waals surface area (Å²) in [5.41, 5.74) is 4.63. The van der Waals surface area contributed by atoms with E-state index in [0.29, 0.717) is 11.4 Å². The number of nitrogens with zero attached hydrogens (tertiary/aromatic N) is 2. The zero-order chi connectivity index (χ0) is 14.5. The van der Waals surface area contributed by atoms with Crippen molar-refractivity contribution in [2.45, 2.75) is 36.2 Å². The van der Waals surface area contributed by atoms with Gasteiger partial charge in [0.25, 0.3) is 0 Å². The van der Waals surface area contributed by atoms with Crippen LogP contribution in [-0.2, 0) is 6.18 Å². The second-order valence-corrected chi connectivity index (χ2v) is 5.15. The van der Waals surface area contributed by atoms with Gasteiger partial charge < -0.3 is 10.9 Å². The summed E-state index contributed by atoms with van der Waals surface area (Å²) in [5, 5.41) is 11.8. The molecule has 0 aromatic carbocycles. The Morgan fingerprint density at radius 2 is 2.21 bits per heavy atom. The predicted molar refractivity (Wildman–Crippen MR) is 67.2 cm³/mol. The first-order chi connectivity index (χ1) is 8.86. The second-order valence-electron chi connectivity index (χ2n) is 3.83. The number of alkyl halides is 3. The van der Waals surface area contributed by atoms with Crippen molar-refractivity contribution >= 4 is 17.6 Å². The van der Waals surface area contributed by atoms with Gasteiger partial charge in [-0.2, -0.15) is 13.2 Å². The van der Waals surface area contributed by atoms with Crippen LogP contribution in [0.3, 0.4) is 0 Å². The third-order valence-electron chi connectivity index (χ3n) is 2.37. The Labute approximate surface area is 112 Å². The molecule has 0 radical (unpaired) electrons. The van der Waals surface area contributed by atoms with Crippen molar-refractivity contribution in [3.05, 3.63) is 23.9 Å². The number of halogens is 3. The molecule has 0 fully saturated rings. The van der Waals surface area contributed by atoms with Crippen molar-refractivity contribution in [3.8, 4) is 0 Å². The number of amidine groups is 1. The normalized spacial score (nSPS) is 14.4. The molecule has 0 bridgehead atoms. The lowest BCUT2D eigenvalue weighted by Gasteiger charge is -2.13. The van der Waals surface area contributed by atoms with Crippen molar-refractivity contribution in [2.75, 3.05) is 0 Å². The van der Waals surface area contributed by atoms with Gasteiger partial charge in [-0.1, -0.05) is 12.1 Å². The highest BCUT2D eigenvalue weighted by Gasteiger charge is 2.30. The zero-order valence-corrected chi connectivity index (χ0v) is 11.0. The van der Waals surface area contributed by atoms with Gasteiger partial charge in [0.15, 0.2) is 0 Å². The number of hydrogen-bond acceptors (Lipinski definition) is 4. The van der Waals surface area contributed by atoms with E-state index in [1.54, 1.807) is 0 Å². The van der Waals surface area contributed by atoms with Gasteiger partial charge in [0.2, 0.25) is 0 Å². The Balaban J connectivity index is 2.71. The van der Waals surface area contributed by atoms with Gasteiger partial charge in [0.05, 0.1) is 10.6 Å². The van der Waals surface area contributed by atoms with Crippen molar-refractivity contribution < 1.29 is 18.4 Å². The number of rotatable bonds is 5. The summed E-state index contributed by atoms with van der Waals surface area (Å²) in [6, 6.07) is 2.31. The molecule has 0 aliphatic carbocycles. The fraction of sp³-hybridized carbons (Fsp3) is 0.455. The summed E-state index contributed by atoms with van der Waals surface area (Å²) in [5.74, 6) is 0.0891. The van der Waals surface area contributed by atoms with Gasteiger partial charge in [-0.3, -0.25) is 0 Å². The molecule has 0 saturated carbocycles. The Morgan fingerprint density at radius 1 is 1.53 bits per heavy atom. The fourth-order valence-corrected chi connectivity index (χ4v) is 2.35. The molecular weight excluding hydrogens is 279 g/mol. The molecule has 0 aliphatic rings. The number of oxime groups is 1. The lowest BCUT2D eigenvalue weighted by Crippen LogP contribution is -2.18. The number of hydrogen-bond donors (Lipinski definition) is 2. The molecule has 1 atom stereocenters. The highest BCUT2D eigenvalue weighted by molar-refractivity contribution is 7.99. The van der Waals surface area contributed by atoms with Crippen LogP contribution in [-0.4, -0.2) is 21.3 Å². The first kappa shape index (κ1) is 15.6. The minimum absolute atomic E-state index is 0.000127. The van der Waals surface area contributed by atoms with Crippen molar-refractivity contribution in [1.82, 2.24) is 4.98 Å². The Morgan fingerprint density at radius 3 is 2.63 bits per heavy atom. The SMILES string of the molecule is CCC(C/C(N)=N/O)Sc1ccc(C(F)(F)F)cn1. The quantitative estimate of drug-likeness (QED) is 0.288. The van der Waals surface area contributed by atoms with Crippen LogP contribution in [0.2, 0.25) is 0 Å². The molecule has 4 nitrogen and oxygen atoms in total. The van der Waals surface area contributed by atoms with Crippen molar-refractivity contribution in [2.24, 2.45) is 10.9 Å². The summed E-state index contributed by atoms with van der Waals surface area (Å²) in [4.78, 5) is 3.77. The third kappa shape index (κ3) is 4.98. The van der Waals surface area contributed by atoms with Crippen LogP contribution in [0.25, 0.3) is 0 Å². The van der Waals surface area contributed by atoms with E-state index >= 15 is 0 Å². The predicted octanol–water partition coefficient (Wildman–Crippen LogP) is 3.11. The summed E-state index contributed by atoms with van der Waals surface area (Å²) < 4.78 is 37.1. The van der Waals surface area contributed by atoms with E-state index in [9.17, 15) is 13.2 Å². The van der Waals surface area contributed by atoms with Gasteiger partial charge in [-0.15, -0.1) is 11.8 Å². The third-order valence-corrected chi connectivity index (χ3v) is 3.69. The topological polar surface area (TPSA) is 71.5 Å². The van der Waals surface area contributed by atoms with E-state index in [1.807, 2.05) is 6.92 Å². The number of nitrogens with two attached hydrogens (primary N) is 1.